The number of benzene rings is 1. The van der Waals surface area contributed by atoms with Crippen LogP contribution in [0.2, 0.25) is 0 Å². The fourth-order valence-electron chi connectivity index (χ4n) is 2.11. The second kappa shape index (κ2) is 8.16. The standard InChI is InChI=1S/C15H24N2O5S/c1-6-17(7-2)15(18)11-16(3)23(19,20)12-8-9-13(21-4)14(10-12)22-5/h8-10H,6-7,11H2,1-5H3. The van der Waals surface area contributed by atoms with E-state index in [1.807, 2.05) is 13.8 Å². The molecule has 0 aliphatic carbocycles. The summed E-state index contributed by atoms with van der Waals surface area (Å²) >= 11 is 0. The van der Waals surface area contributed by atoms with Gasteiger partial charge in [0.25, 0.3) is 0 Å². The van der Waals surface area contributed by atoms with Gasteiger partial charge < -0.3 is 14.4 Å². The minimum absolute atomic E-state index is 0.0463. The van der Waals surface area contributed by atoms with E-state index in [-0.39, 0.29) is 17.3 Å². The van der Waals surface area contributed by atoms with E-state index in [0.29, 0.717) is 24.6 Å². The molecule has 1 amide bonds. The van der Waals surface area contributed by atoms with Crippen molar-refractivity contribution in [2.45, 2.75) is 18.7 Å². The molecule has 1 rings (SSSR count). The van der Waals surface area contributed by atoms with E-state index in [9.17, 15) is 13.2 Å². The van der Waals surface area contributed by atoms with Gasteiger partial charge in [0.1, 0.15) is 0 Å². The molecule has 0 unspecified atom stereocenters. The Morgan fingerprint density at radius 1 is 1.09 bits per heavy atom. The van der Waals surface area contributed by atoms with Crippen LogP contribution in [-0.4, -0.2) is 64.4 Å². The van der Waals surface area contributed by atoms with E-state index in [2.05, 4.69) is 0 Å². The van der Waals surface area contributed by atoms with Crippen LogP contribution in [0.1, 0.15) is 13.8 Å². The number of hydrogen-bond donors (Lipinski definition) is 0. The van der Waals surface area contributed by atoms with E-state index >= 15 is 0 Å². The molecule has 130 valence electrons. The molecule has 1 aromatic rings. The molecule has 0 fully saturated rings. The molecule has 0 saturated heterocycles. The molecule has 0 bridgehead atoms. The van der Waals surface area contributed by atoms with Crippen LogP contribution in [0.15, 0.2) is 23.1 Å². The van der Waals surface area contributed by atoms with Gasteiger partial charge in [0.2, 0.25) is 15.9 Å². The number of rotatable bonds is 8. The molecule has 0 aliphatic heterocycles. The average Bonchev–Trinajstić information content (AvgIpc) is 2.54. The maximum Gasteiger partial charge on any atom is 0.243 e. The first-order valence-corrected chi connectivity index (χ1v) is 8.71. The number of likely N-dealkylation sites (N-methyl/N-ethyl adjacent to an activating group) is 2. The van der Waals surface area contributed by atoms with Gasteiger partial charge in [-0.15, -0.1) is 0 Å². The zero-order valence-corrected chi connectivity index (χ0v) is 15.0. The smallest absolute Gasteiger partial charge is 0.243 e. The molecule has 0 spiro atoms. The van der Waals surface area contributed by atoms with Gasteiger partial charge in [0.15, 0.2) is 11.5 Å². The Labute approximate surface area is 137 Å². The lowest BCUT2D eigenvalue weighted by Gasteiger charge is -2.23. The molecule has 0 aromatic heterocycles. The van der Waals surface area contributed by atoms with E-state index in [1.165, 1.54) is 39.5 Å². The minimum Gasteiger partial charge on any atom is -0.493 e. The highest BCUT2D eigenvalue weighted by Gasteiger charge is 2.25. The molecule has 8 heteroatoms. The van der Waals surface area contributed by atoms with Gasteiger partial charge in [0, 0.05) is 26.2 Å². The van der Waals surface area contributed by atoms with E-state index in [4.69, 9.17) is 9.47 Å². The predicted octanol–water partition coefficient (Wildman–Crippen LogP) is 1.19. The number of methoxy groups -OCH3 is 2. The average molecular weight is 344 g/mol. The van der Waals surface area contributed by atoms with Gasteiger partial charge in [0.05, 0.1) is 25.7 Å². The van der Waals surface area contributed by atoms with Gasteiger partial charge in [-0.25, -0.2) is 8.42 Å². The van der Waals surface area contributed by atoms with Gasteiger partial charge in [-0.3, -0.25) is 4.79 Å². The fraction of sp³-hybridized carbons (Fsp3) is 0.533. The quantitative estimate of drug-likeness (QED) is 0.708. The number of amides is 1. The van der Waals surface area contributed by atoms with Crippen molar-refractivity contribution < 1.29 is 22.7 Å². The van der Waals surface area contributed by atoms with E-state index in [1.54, 1.807) is 4.90 Å². The first-order chi connectivity index (χ1) is 10.8. The van der Waals surface area contributed by atoms with Crippen LogP contribution in [-0.2, 0) is 14.8 Å². The highest BCUT2D eigenvalue weighted by Crippen LogP contribution is 2.30. The van der Waals surface area contributed by atoms with Crippen LogP contribution in [0.3, 0.4) is 0 Å². The summed E-state index contributed by atoms with van der Waals surface area (Å²) in [4.78, 5) is 13.7. The fourth-order valence-corrected chi connectivity index (χ4v) is 3.24. The Bertz CT molecular complexity index is 641. The molecule has 7 nitrogen and oxygen atoms in total. The largest absolute Gasteiger partial charge is 0.493 e. The molecule has 0 saturated carbocycles. The number of carbonyl (C=O) groups excluding carboxylic acids is 1. The van der Waals surface area contributed by atoms with Crippen LogP contribution >= 0.6 is 0 Å². The second-order valence-corrected chi connectivity index (χ2v) is 6.89. The van der Waals surface area contributed by atoms with Crippen molar-refractivity contribution in [1.29, 1.82) is 0 Å². The Morgan fingerprint density at radius 3 is 2.13 bits per heavy atom. The molecule has 0 radical (unpaired) electrons. The Kier molecular flexibility index (Phi) is 6.83. The first-order valence-electron chi connectivity index (χ1n) is 7.27. The van der Waals surface area contributed by atoms with Crippen molar-refractivity contribution in [1.82, 2.24) is 9.21 Å². The zero-order chi connectivity index (χ0) is 17.6. The number of sulfonamides is 1. The van der Waals surface area contributed by atoms with Gasteiger partial charge >= 0.3 is 0 Å². The number of ether oxygens (including phenoxy) is 2. The van der Waals surface area contributed by atoms with Crippen LogP contribution < -0.4 is 9.47 Å². The van der Waals surface area contributed by atoms with Gasteiger partial charge in [-0.05, 0) is 26.0 Å². The molecule has 0 aliphatic rings. The van der Waals surface area contributed by atoms with Gasteiger partial charge in [-0.1, -0.05) is 0 Å². The minimum atomic E-state index is -3.79. The predicted molar refractivity (Wildman–Crippen MR) is 87.3 cm³/mol. The third kappa shape index (κ3) is 4.35. The lowest BCUT2D eigenvalue weighted by Crippen LogP contribution is -2.40. The summed E-state index contributed by atoms with van der Waals surface area (Å²) in [6.07, 6.45) is 0. The van der Waals surface area contributed by atoms with Crippen molar-refractivity contribution in [2.24, 2.45) is 0 Å². The molecular weight excluding hydrogens is 320 g/mol. The lowest BCUT2D eigenvalue weighted by molar-refractivity contribution is -0.130. The summed E-state index contributed by atoms with van der Waals surface area (Å²) < 4.78 is 36.4. The molecule has 23 heavy (non-hydrogen) atoms. The van der Waals surface area contributed by atoms with Gasteiger partial charge in [-0.2, -0.15) is 4.31 Å². The summed E-state index contributed by atoms with van der Waals surface area (Å²) in [5.41, 5.74) is 0. The third-order valence-corrected chi connectivity index (χ3v) is 5.34. The summed E-state index contributed by atoms with van der Waals surface area (Å²) in [5, 5.41) is 0. The number of hydrogen-bond acceptors (Lipinski definition) is 5. The SMILES string of the molecule is CCN(CC)C(=O)CN(C)S(=O)(=O)c1ccc(OC)c(OC)c1. The molecule has 0 heterocycles. The summed E-state index contributed by atoms with van der Waals surface area (Å²) in [5.74, 6) is 0.520. The zero-order valence-electron chi connectivity index (χ0n) is 14.2. The van der Waals surface area contributed by atoms with Crippen LogP contribution in [0.25, 0.3) is 0 Å². The highest BCUT2D eigenvalue weighted by molar-refractivity contribution is 7.89. The normalized spacial score (nSPS) is 11.4. The maximum absolute atomic E-state index is 12.6. The molecule has 1 aromatic carbocycles. The van der Waals surface area contributed by atoms with Crippen LogP contribution in [0, 0.1) is 0 Å². The van der Waals surface area contributed by atoms with Crippen molar-refractivity contribution in [3.05, 3.63) is 18.2 Å². The third-order valence-electron chi connectivity index (χ3n) is 3.54. The molecular formula is C15H24N2O5S. The Hall–Kier alpha value is -1.80. The van der Waals surface area contributed by atoms with Crippen molar-refractivity contribution in [2.75, 3.05) is 40.9 Å². The summed E-state index contributed by atoms with van der Waals surface area (Å²) in [6, 6.07) is 4.33. The number of nitrogens with zero attached hydrogens (tertiary/aromatic N) is 2. The van der Waals surface area contributed by atoms with E-state index in [0.717, 1.165) is 4.31 Å². The lowest BCUT2D eigenvalue weighted by atomic mass is 10.3. The molecule has 0 N–H and O–H groups in total. The Morgan fingerprint density at radius 2 is 1.65 bits per heavy atom. The van der Waals surface area contributed by atoms with Crippen LogP contribution in [0.5, 0.6) is 11.5 Å². The van der Waals surface area contributed by atoms with Crippen molar-refractivity contribution in [3.63, 3.8) is 0 Å². The summed E-state index contributed by atoms with van der Waals surface area (Å²) in [7, 11) is 0.497. The topological polar surface area (TPSA) is 76.2 Å². The number of carbonyl (C=O) groups is 1. The Balaban J connectivity index is 3.04. The molecule has 0 atom stereocenters. The van der Waals surface area contributed by atoms with Crippen molar-refractivity contribution >= 4 is 15.9 Å². The first kappa shape index (κ1) is 19.2. The van der Waals surface area contributed by atoms with E-state index < -0.39 is 10.0 Å². The second-order valence-electron chi connectivity index (χ2n) is 4.84. The highest BCUT2D eigenvalue weighted by atomic mass is 32.2. The monoisotopic (exact) mass is 344 g/mol. The maximum atomic E-state index is 12.6. The van der Waals surface area contributed by atoms with Crippen LogP contribution in [0.4, 0.5) is 0 Å². The van der Waals surface area contributed by atoms with Crippen molar-refractivity contribution in [3.8, 4) is 11.5 Å². The summed E-state index contributed by atoms with van der Waals surface area (Å²) in [6.45, 7) is 4.58.